The van der Waals surface area contributed by atoms with Gasteiger partial charge in [0.2, 0.25) is 5.91 Å². The van der Waals surface area contributed by atoms with Gasteiger partial charge in [0.25, 0.3) is 5.56 Å². The van der Waals surface area contributed by atoms with Crippen LogP contribution in [0.5, 0.6) is 0 Å². The summed E-state index contributed by atoms with van der Waals surface area (Å²) in [6, 6.07) is 16.9. The van der Waals surface area contributed by atoms with Gasteiger partial charge in [-0.2, -0.15) is 4.68 Å². The van der Waals surface area contributed by atoms with Crippen LogP contribution in [0.15, 0.2) is 64.3 Å². The number of carbonyl (C=O) groups is 1. The van der Waals surface area contributed by atoms with Crippen molar-refractivity contribution in [2.75, 3.05) is 24.2 Å². The Kier molecular flexibility index (Phi) is 7.40. The Hall–Kier alpha value is -2.77. The highest BCUT2D eigenvalue weighted by Crippen LogP contribution is 2.23. The van der Waals surface area contributed by atoms with Gasteiger partial charge >= 0.3 is 0 Å². The van der Waals surface area contributed by atoms with Crippen molar-refractivity contribution in [1.82, 2.24) is 15.1 Å². The molecule has 1 amide bonds. The van der Waals surface area contributed by atoms with Crippen molar-refractivity contribution in [3.63, 3.8) is 0 Å². The fraction of sp³-hybridized carbons (Fsp3) is 0.320. The minimum atomic E-state index is -0.225. The molecule has 6 nitrogen and oxygen atoms in total. The lowest BCUT2D eigenvalue weighted by atomic mass is 9.97. The van der Waals surface area contributed by atoms with Crippen molar-refractivity contribution < 1.29 is 4.79 Å². The summed E-state index contributed by atoms with van der Waals surface area (Å²) in [6.07, 6.45) is 3.76. The molecule has 0 aliphatic carbocycles. The van der Waals surface area contributed by atoms with Crippen molar-refractivity contribution in [3.8, 4) is 5.69 Å². The first-order chi connectivity index (χ1) is 15.9. The van der Waals surface area contributed by atoms with Gasteiger partial charge in [-0.05, 0) is 67.5 Å². The number of aryl methyl sites for hydroxylation is 1. The van der Waals surface area contributed by atoms with Crippen LogP contribution in [0.4, 0.5) is 5.82 Å². The van der Waals surface area contributed by atoms with E-state index in [1.165, 1.54) is 15.6 Å². The fourth-order valence-corrected chi connectivity index (χ4v) is 4.53. The lowest BCUT2D eigenvalue weighted by Crippen LogP contribution is -2.43. The van der Waals surface area contributed by atoms with Crippen molar-refractivity contribution in [1.29, 1.82) is 0 Å². The predicted molar refractivity (Wildman–Crippen MR) is 135 cm³/mol. The fourth-order valence-electron chi connectivity index (χ4n) is 3.94. The molecule has 1 fully saturated rings. The normalized spacial score (nSPS) is 16.0. The summed E-state index contributed by atoms with van der Waals surface area (Å²) in [6.45, 7) is 3.79. The molecule has 0 radical (unpaired) electrons. The monoisotopic (exact) mass is 482 g/mol. The SMILES string of the molecule is CSc1ccc(CNC(=O)[C@@H]2CCCN(c3ccc(=O)n(-c4ccc(C)c(Cl)c4)n3)C2)cc1. The van der Waals surface area contributed by atoms with Gasteiger partial charge in [0.15, 0.2) is 0 Å². The van der Waals surface area contributed by atoms with Crippen molar-refractivity contribution in [2.24, 2.45) is 5.92 Å². The van der Waals surface area contributed by atoms with E-state index in [-0.39, 0.29) is 17.4 Å². The Morgan fingerprint density at radius 2 is 1.97 bits per heavy atom. The smallest absolute Gasteiger partial charge is 0.271 e. The lowest BCUT2D eigenvalue weighted by Gasteiger charge is -2.33. The topological polar surface area (TPSA) is 67.2 Å². The molecule has 0 saturated carbocycles. The average molecular weight is 483 g/mol. The summed E-state index contributed by atoms with van der Waals surface area (Å²) in [7, 11) is 0. The molecule has 33 heavy (non-hydrogen) atoms. The van der Waals surface area contributed by atoms with Crippen molar-refractivity contribution >= 4 is 35.1 Å². The Morgan fingerprint density at radius 1 is 1.18 bits per heavy atom. The van der Waals surface area contributed by atoms with E-state index in [1.807, 2.05) is 37.4 Å². The summed E-state index contributed by atoms with van der Waals surface area (Å²) in [4.78, 5) is 28.6. The number of aromatic nitrogens is 2. The summed E-state index contributed by atoms with van der Waals surface area (Å²) in [5.74, 6) is 0.601. The Balaban J connectivity index is 1.44. The Morgan fingerprint density at radius 3 is 2.70 bits per heavy atom. The number of hydrogen-bond donors (Lipinski definition) is 1. The zero-order valence-electron chi connectivity index (χ0n) is 18.8. The number of hydrogen-bond acceptors (Lipinski definition) is 5. The molecule has 0 spiro atoms. The number of anilines is 1. The van der Waals surface area contributed by atoms with Gasteiger partial charge in [-0.25, -0.2) is 0 Å². The summed E-state index contributed by atoms with van der Waals surface area (Å²) < 4.78 is 1.36. The van der Waals surface area contributed by atoms with E-state index in [2.05, 4.69) is 27.4 Å². The first-order valence-corrected chi connectivity index (χ1v) is 12.6. The maximum absolute atomic E-state index is 12.9. The van der Waals surface area contributed by atoms with Crippen LogP contribution in [0.2, 0.25) is 5.02 Å². The lowest BCUT2D eigenvalue weighted by molar-refractivity contribution is -0.125. The molecule has 4 rings (SSSR count). The minimum Gasteiger partial charge on any atom is -0.354 e. The van der Waals surface area contributed by atoms with Crippen LogP contribution in [0.25, 0.3) is 5.69 Å². The highest BCUT2D eigenvalue weighted by molar-refractivity contribution is 7.98. The third kappa shape index (κ3) is 5.60. The number of piperidine rings is 1. The third-order valence-electron chi connectivity index (χ3n) is 5.93. The van der Waals surface area contributed by atoms with Crippen LogP contribution >= 0.6 is 23.4 Å². The molecule has 1 aliphatic rings. The molecule has 1 saturated heterocycles. The second kappa shape index (κ2) is 10.4. The molecule has 2 aromatic carbocycles. The van der Waals surface area contributed by atoms with E-state index in [0.29, 0.717) is 29.6 Å². The number of benzene rings is 2. The van der Waals surface area contributed by atoms with Crippen LogP contribution in [0.1, 0.15) is 24.0 Å². The first-order valence-electron chi connectivity index (χ1n) is 11.0. The van der Waals surface area contributed by atoms with Gasteiger partial charge in [0, 0.05) is 35.6 Å². The minimum absolute atomic E-state index is 0.0484. The number of amides is 1. The van der Waals surface area contributed by atoms with Crippen LogP contribution in [0.3, 0.4) is 0 Å². The third-order valence-corrected chi connectivity index (χ3v) is 7.08. The van der Waals surface area contributed by atoms with E-state index in [9.17, 15) is 9.59 Å². The second-order valence-corrected chi connectivity index (χ2v) is 9.51. The number of halogens is 1. The Bertz CT molecular complexity index is 1200. The van der Waals surface area contributed by atoms with Crippen LogP contribution in [-0.2, 0) is 11.3 Å². The van der Waals surface area contributed by atoms with Crippen molar-refractivity contribution in [3.05, 3.63) is 81.1 Å². The van der Waals surface area contributed by atoms with Gasteiger partial charge < -0.3 is 10.2 Å². The molecular formula is C25H27ClN4O2S. The molecule has 1 atom stereocenters. The first kappa shape index (κ1) is 23.4. The molecule has 1 aromatic heterocycles. The molecule has 3 aromatic rings. The van der Waals surface area contributed by atoms with E-state index in [0.717, 1.165) is 30.5 Å². The number of nitrogens with zero attached hydrogens (tertiary/aromatic N) is 3. The highest BCUT2D eigenvalue weighted by atomic mass is 35.5. The highest BCUT2D eigenvalue weighted by Gasteiger charge is 2.27. The number of carbonyl (C=O) groups excluding carboxylic acids is 1. The Labute approximate surface area is 203 Å². The average Bonchev–Trinajstić information content (AvgIpc) is 2.85. The van der Waals surface area contributed by atoms with E-state index in [1.54, 1.807) is 23.9 Å². The number of thioether (sulfide) groups is 1. The van der Waals surface area contributed by atoms with E-state index < -0.39 is 0 Å². The molecular weight excluding hydrogens is 456 g/mol. The van der Waals surface area contributed by atoms with Gasteiger partial charge in [0.05, 0.1) is 11.6 Å². The molecule has 172 valence electrons. The maximum atomic E-state index is 12.9. The molecule has 1 N–H and O–H groups in total. The zero-order valence-corrected chi connectivity index (χ0v) is 20.3. The van der Waals surface area contributed by atoms with E-state index in [4.69, 9.17) is 11.6 Å². The van der Waals surface area contributed by atoms with Gasteiger partial charge in [-0.3, -0.25) is 9.59 Å². The predicted octanol–water partition coefficient (Wildman–Crippen LogP) is 4.45. The molecule has 1 aliphatic heterocycles. The number of rotatable bonds is 6. The van der Waals surface area contributed by atoms with Gasteiger partial charge in [0.1, 0.15) is 5.82 Å². The molecule has 0 bridgehead atoms. The number of nitrogens with one attached hydrogen (secondary N) is 1. The molecule has 2 heterocycles. The van der Waals surface area contributed by atoms with Crippen LogP contribution in [0, 0.1) is 12.8 Å². The van der Waals surface area contributed by atoms with Crippen molar-refractivity contribution in [2.45, 2.75) is 31.2 Å². The van der Waals surface area contributed by atoms with Gasteiger partial charge in [-0.15, -0.1) is 16.9 Å². The van der Waals surface area contributed by atoms with E-state index >= 15 is 0 Å². The molecule has 8 heteroatoms. The standard InChI is InChI=1S/C25H27ClN4O2S/c1-17-5-8-20(14-22(17)26)30-24(31)12-11-23(28-30)29-13-3-4-19(16-29)25(32)27-15-18-6-9-21(33-2)10-7-18/h5-12,14,19H,3-4,13,15-16H2,1-2H3,(H,27,32)/t19-/m1/s1. The quantitative estimate of drug-likeness (QED) is 0.526. The van der Waals surface area contributed by atoms with Gasteiger partial charge in [-0.1, -0.05) is 29.8 Å². The molecule has 0 unspecified atom stereocenters. The summed E-state index contributed by atoms with van der Waals surface area (Å²) in [5, 5.41) is 8.24. The van der Waals surface area contributed by atoms with Crippen LogP contribution in [-0.4, -0.2) is 35.0 Å². The van der Waals surface area contributed by atoms with Crippen LogP contribution < -0.4 is 15.8 Å². The zero-order chi connectivity index (χ0) is 23.4. The second-order valence-electron chi connectivity index (χ2n) is 8.23. The largest absolute Gasteiger partial charge is 0.354 e. The summed E-state index contributed by atoms with van der Waals surface area (Å²) in [5.41, 5.74) is 2.42. The summed E-state index contributed by atoms with van der Waals surface area (Å²) >= 11 is 7.95. The maximum Gasteiger partial charge on any atom is 0.271 e.